The number of phenols is 2. The van der Waals surface area contributed by atoms with Crippen LogP contribution in [-0.2, 0) is 22.4 Å². The predicted octanol–water partition coefficient (Wildman–Crippen LogP) is 2.82. The zero-order valence-electron chi connectivity index (χ0n) is 11.7. The minimum Gasteiger partial charge on any atom is -0.504 e. The number of para-hydroxylation sites is 1. The summed E-state index contributed by atoms with van der Waals surface area (Å²) in [6.07, 6.45) is 1.19. The third kappa shape index (κ3) is 4.53. The Morgan fingerprint density at radius 1 is 0.952 bits per heavy atom. The first-order valence-electron chi connectivity index (χ1n) is 6.86. The lowest BCUT2D eigenvalue weighted by atomic mass is 10.1. The molecule has 0 atom stereocenters. The van der Waals surface area contributed by atoms with Crippen LogP contribution in [0.15, 0.2) is 48.5 Å². The average molecular weight is 286 g/mol. The van der Waals surface area contributed by atoms with E-state index in [1.807, 2.05) is 30.3 Å². The first-order valence-corrected chi connectivity index (χ1v) is 6.86. The molecule has 0 radical (unpaired) electrons. The number of esters is 1. The van der Waals surface area contributed by atoms with Crippen molar-refractivity contribution in [1.29, 1.82) is 0 Å². The van der Waals surface area contributed by atoms with Gasteiger partial charge in [-0.25, -0.2) is 0 Å². The Morgan fingerprint density at radius 3 is 2.48 bits per heavy atom. The Kier molecular flexibility index (Phi) is 5.21. The summed E-state index contributed by atoms with van der Waals surface area (Å²) in [7, 11) is 0. The lowest BCUT2D eigenvalue weighted by Gasteiger charge is -2.07. The van der Waals surface area contributed by atoms with Gasteiger partial charge in [0.25, 0.3) is 0 Å². The molecular weight excluding hydrogens is 268 g/mol. The smallest absolute Gasteiger partial charge is 0.306 e. The number of ether oxygens (including phenoxy) is 1. The van der Waals surface area contributed by atoms with Crippen LogP contribution in [0.4, 0.5) is 0 Å². The van der Waals surface area contributed by atoms with E-state index >= 15 is 0 Å². The van der Waals surface area contributed by atoms with Crippen molar-refractivity contribution in [2.75, 3.05) is 6.61 Å². The lowest BCUT2D eigenvalue weighted by molar-refractivity contribution is -0.143. The van der Waals surface area contributed by atoms with Crippen molar-refractivity contribution in [2.24, 2.45) is 0 Å². The minimum absolute atomic E-state index is 0.172. The van der Waals surface area contributed by atoms with Crippen molar-refractivity contribution in [3.8, 4) is 11.5 Å². The van der Waals surface area contributed by atoms with Crippen LogP contribution in [0.2, 0.25) is 0 Å². The molecule has 0 saturated carbocycles. The number of carbonyl (C=O) groups excluding carboxylic acids is 1. The molecule has 0 spiro atoms. The van der Waals surface area contributed by atoms with Gasteiger partial charge in [-0.1, -0.05) is 42.5 Å². The van der Waals surface area contributed by atoms with Crippen molar-refractivity contribution >= 4 is 5.97 Å². The van der Waals surface area contributed by atoms with Gasteiger partial charge in [0.2, 0.25) is 0 Å². The van der Waals surface area contributed by atoms with Crippen LogP contribution in [0, 0.1) is 0 Å². The van der Waals surface area contributed by atoms with Crippen molar-refractivity contribution in [1.82, 2.24) is 0 Å². The number of aromatic hydroxyl groups is 2. The number of benzene rings is 2. The SMILES string of the molecule is O=C(CCc1cccc(O)c1O)OCCc1ccccc1. The van der Waals surface area contributed by atoms with Crippen molar-refractivity contribution < 1.29 is 19.7 Å². The summed E-state index contributed by atoms with van der Waals surface area (Å²) in [5.41, 5.74) is 1.66. The summed E-state index contributed by atoms with van der Waals surface area (Å²) >= 11 is 0. The van der Waals surface area contributed by atoms with E-state index in [0.717, 1.165) is 5.56 Å². The van der Waals surface area contributed by atoms with Gasteiger partial charge in [0.15, 0.2) is 11.5 Å². The first-order chi connectivity index (χ1) is 10.2. The highest BCUT2D eigenvalue weighted by Gasteiger charge is 2.09. The van der Waals surface area contributed by atoms with Gasteiger partial charge in [-0.05, 0) is 23.6 Å². The molecule has 4 heteroatoms. The summed E-state index contributed by atoms with van der Waals surface area (Å²) in [5.74, 6) is -0.659. The molecule has 0 unspecified atom stereocenters. The van der Waals surface area contributed by atoms with Gasteiger partial charge in [-0.15, -0.1) is 0 Å². The normalized spacial score (nSPS) is 10.3. The minimum atomic E-state index is -0.311. The quantitative estimate of drug-likeness (QED) is 0.633. The number of phenolic OH excluding ortho intramolecular Hbond substituents is 2. The van der Waals surface area contributed by atoms with Crippen LogP contribution in [0.25, 0.3) is 0 Å². The van der Waals surface area contributed by atoms with Crippen LogP contribution in [0.3, 0.4) is 0 Å². The fourth-order valence-electron chi connectivity index (χ4n) is 2.02. The van der Waals surface area contributed by atoms with Crippen molar-refractivity contribution in [3.05, 3.63) is 59.7 Å². The fraction of sp³-hybridized carbons (Fsp3) is 0.235. The first kappa shape index (κ1) is 14.9. The molecule has 0 amide bonds. The van der Waals surface area contributed by atoms with Gasteiger partial charge >= 0.3 is 5.97 Å². The van der Waals surface area contributed by atoms with Gasteiger partial charge in [-0.2, -0.15) is 0 Å². The maximum atomic E-state index is 11.6. The van der Waals surface area contributed by atoms with Crippen molar-refractivity contribution in [2.45, 2.75) is 19.3 Å². The fourth-order valence-corrected chi connectivity index (χ4v) is 2.02. The zero-order valence-corrected chi connectivity index (χ0v) is 11.7. The largest absolute Gasteiger partial charge is 0.504 e. The molecule has 0 fully saturated rings. The molecular formula is C17H18O4. The molecule has 4 nitrogen and oxygen atoms in total. The maximum absolute atomic E-state index is 11.6. The lowest BCUT2D eigenvalue weighted by Crippen LogP contribution is -2.08. The van der Waals surface area contributed by atoms with Crippen LogP contribution < -0.4 is 0 Å². The molecule has 0 heterocycles. The summed E-state index contributed by atoms with van der Waals surface area (Å²) in [4.78, 5) is 11.6. The van der Waals surface area contributed by atoms with Crippen LogP contribution in [0.1, 0.15) is 17.5 Å². The Morgan fingerprint density at radius 2 is 1.71 bits per heavy atom. The molecule has 2 N–H and O–H groups in total. The predicted molar refractivity (Wildman–Crippen MR) is 79.2 cm³/mol. The summed E-state index contributed by atoms with van der Waals surface area (Å²) in [6.45, 7) is 0.342. The van der Waals surface area contributed by atoms with Gasteiger partial charge in [0.05, 0.1) is 6.61 Å². The number of aryl methyl sites for hydroxylation is 1. The Balaban J connectivity index is 1.74. The second kappa shape index (κ2) is 7.33. The summed E-state index contributed by atoms with van der Waals surface area (Å²) in [5, 5.41) is 19.0. The van der Waals surface area contributed by atoms with E-state index in [1.165, 1.54) is 6.07 Å². The molecule has 0 aliphatic heterocycles. The topological polar surface area (TPSA) is 66.8 Å². The van der Waals surface area contributed by atoms with Crippen molar-refractivity contribution in [3.63, 3.8) is 0 Å². The van der Waals surface area contributed by atoms with E-state index in [0.29, 0.717) is 25.0 Å². The molecule has 2 aromatic rings. The molecule has 0 aliphatic rings. The molecule has 0 aromatic heterocycles. The highest BCUT2D eigenvalue weighted by molar-refractivity contribution is 5.70. The Bertz CT molecular complexity index is 593. The summed E-state index contributed by atoms with van der Waals surface area (Å²) < 4.78 is 5.15. The highest BCUT2D eigenvalue weighted by atomic mass is 16.5. The molecule has 2 aromatic carbocycles. The monoisotopic (exact) mass is 286 g/mol. The van der Waals surface area contributed by atoms with Crippen LogP contribution in [0.5, 0.6) is 11.5 Å². The van der Waals surface area contributed by atoms with E-state index in [-0.39, 0.29) is 23.9 Å². The number of hydrogen-bond donors (Lipinski definition) is 2. The second-order valence-corrected chi connectivity index (χ2v) is 4.74. The molecule has 21 heavy (non-hydrogen) atoms. The standard InChI is InChI=1S/C17H18O4/c18-15-8-4-7-14(17(15)20)9-10-16(19)21-12-11-13-5-2-1-3-6-13/h1-8,18,20H,9-12H2. The third-order valence-corrected chi connectivity index (χ3v) is 3.19. The van der Waals surface area contributed by atoms with E-state index in [9.17, 15) is 15.0 Å². The number of hydrogen-bond acceptors (Lipinski definition) is 4. The number of carbonyl (C=O) groups is 1. The van der Waals surface area contributed by atoms with E-state index < -0.39 is 0 Å². The molecule has 110 valence electrons. The van der Waals surface area contributed by atoms with E-state index in [4.69, 9.17) is 4.74 Å². The third-order valence-electron chi connectivity index (χ3n) is 3.19. The molecule has 0 aliphatic carbocycles. The number of rotatable bonds is 6. The van der Waals surface area contributed by atoms with Crippen LogP contribution in [-0.4, -0.2) is 22.8 Å². The van der Waals surface area contributed by atoms with Gasteiger partial charge < -0.3 is 14.9 Å². The summed E-state index contributed by atoms with van der Waals surface area (Å²) in [6, 6.07) is 14.5. The van der Waals surface area contributed by atoms with E-state index in [1.54, 1.807) is 12.1 Å². The van der Waals surface area contributed by atoms with Gasteiger partial charge in [0, 0.05) is 12.8 Å². The second-order valence-electron chi connectivity index (χ2n) is 4.74. The van der Waals surface area contributed by atoms with Crippen LogP contribution >= 0.6 is 0 Å². The zero-order chi connectivity index (χ0) is 15.1. The highest BCUT2D eigenvalue weighted by Crippen LogP contribution is 2.28. The maximum Gasteiger partial charge on any atom is 0.306 e. The molecule has 0 saturated heterocycles. The molecule has 2 rings (SSSR count). The molecule has 0 bridgehead atoms. The van der Waals surface area contributed by atoms with Gasteiger partial charge in [-0.3, -0.25) is 4.79 Å². The average Bonchev–Trinajstić information content (AvgIpc) is 2.50. The van der Waals surface area contributed by atoms with E-state index in [2.05, 4.69) is 0 Å². The van der Waals surface area contributed by atoms with Gasteiger partial charge in [0.1, 0.15) is 0 Å². The Labute approximate surface area is 123 Å². The Hall–Kier alpha value is -2.49.